The van der Waals surface area contributed by atoms with Crippen molar-refractivity contribution in [2.45, 2.75) is 20.3 Å². The van der Waals surface area contributed by atoms with Gasteiger partial charge in [0.25, 0.3) is 0 Å². The Labute approximate surface area is 128 Å². The van der Waals surface area contributed by atoms with Gasteiger partial charge >= 0.3 is 11.9 Å². The smallest absolute Gasteiger partial charge is 0.400 e. The molecule has 0 aliphatic heterocycles. The minimum absolute atomic E-state index is 0.188. The highest BCUT2D eigenvalue weighted by molar-refractivity contribution is 5.79. The topological polar surface area (TPSA) is 113 Å². The number of hydrogen-bond acceptors (Lipinski definition) is 6. The summed E-state index contributed by atoms with van der Waals surface area (Å²) < 4.78 is 4.85. The lowest BCUT2D eigenvalue weighted by atomic mass is 10.3. The Hall–Kier alpha value is -2.42. The van der Waals surface area contributed by atoms with Crippen LogP contribution in [0.3, 0.4) is 0 Å². The fourth-order valence-corrected chi connectivity index (χ4v) is 1.75. The lowest BCUT2D eigenvalue weighted by Gasteiger charge is -2.17. The van der Waals surface area contributed by atoms with Crippen LogP contribution in [0.5, 0.6) is 0 Å². The maximum absolute atomic E-state index is 11.4. The average molecular weight is 311 g/mol. The molecule has 0 bridgehead atoms. The molecule has 0 fully saturated rings. The third-order valence-electron chi connectivity index (χ3n) is 2.98. The Morgan fingerprint density at radius 2 is 2.18 bits per heavy atom. The van der Waals surface area contributed by atoms with Crippen molar-refractivity contribution in [3.63, 3.8) is 0 Å². The molecule has 1 aromatic heterocycles. The van der Waals surface area contributed by atoms with Crippen molar-refractivity contribution in [1.29, 1.82) is 0 Å². The Balaban J connectivity index is 2.22. The Kier molecular flexibility index (Phi) is 7.62. The second-order valence-corrected chi connectivity index (χ2v) is 4.44. The molecule has 0 saturated carbocycles. The fourth-order valence-electron chi connectivity index (χ4n) is 1.75. The van der Waals surface area contributed by atoms with Gasteiger partial charge in [-0.15, -0.1) is 0 Å². The molecule has 9 heteroatoms. The van der Waals surface area contributed by atoms with Gasteiger partial charge in [-0.3, -0.25) is 10.1 Å². The molecular weight excluding hydrogens is 290 g/mol. The SMILES string of the molecule is CCN(CC)CCCNC(=O)N/N=C/c1ccc([N+](=O)[O-])o1. The molecule has 0 radical (unpaired) electrons. The number of rotatable bonds is 9. The number of hydrazone groups is 1. The minimum atomic E-state index is -0.645. The van der Waals surface area contributed by atoms with Gasteiger partial charge in [0.05, 0.1) is 12.3 Å². The first-order chi connectivity index (χ1) is 10.6. The monoisotopic (exact) mass is 311 g/mol. The molecule has 0 aliphatic carbocycles. The van der Waals surface area contributed by atoms with Crippen LogP contribution in [0.25, 0.3) is 0 Å². The first-order valence-electron chi connectivity index (χ1n) is 7.10. The summed E-state index contributed by atoms with van der Waals surface area (Å²) in [5, 5.41) is 16.7. The van der Waals surface area contributed by atoms with Crippen LogP contribution in [0.15, 0.2) is 21.7 Å². The number of furan rings is 1. The van der Waals surface area contributed by atoms with Gasteiger partial charge in [-0.1, -0.05) is 13.8 Å². The minimum Gasteiger partial charge on any atom is -0.400 e. The number of carbonyl (C=O) groups is 1. The average Bonchev–Trinajstić information content (AvgIpc) is 2.96. The van der Waals surface area contributed by atoms with E-state index in [2.05, 4.69) is 34.6 Å². The van der Waals surface area contributed by atoms with Gasteiger partial charge in [0.15, 0.2) is 5.76 Å². The summed E-state index contributed by atoms with van der Waals surface area (Å²) >= 11 is 0. The highest BCUT2D eigenvalue weighted by Gasteiger charge is 2.10. The van der Waals surface area contributed by atoms with Crippen LogP contribution in [-0.2, 0) is 0 Å². The second kappa shape index (κ2) is 9.50. The quantitative estimate of drug-likeness (QED) is 0.311. The zero-order chi connectivity index (χ0) is 16.4. The summed E-state index contributed by atoms with van der Waals surface area (Å²) in [4.78, 5) is 23.5. The number of amides is 2. The lowest BCUT2D eigenvalue weighted by Crippen LogP contribution is -2.34. The molecule has 1 rings (SSSR count). The molecule has 22 heavy (non-hydrogen) atoms. The predicted octanol–water partition coefficient (Wildman–Crippen LogP) is 1.55. The molecule has 9 nitrogen and oxygen atoms in total. The molecule has 2 amide bonds. The van der Waals surface area contributed by atoms with E-state index >= 15 is 0 Å². The molecule has 0 saturated heterocycles. The van der Waals surface area contributed by atoms with Crippen LogP contribution in [0.1, 0.15) is 26.0 Å². The number of carbonyl (C=O) groups excluding carboxylic acids is 1. The van der Waals surface area contributed by atoms with Gasteiger partial charge in [-0.05, 0) is 32.1 Å². The summed E-state index contributed by atoms with van der Waals surface area (Å²) in [6.07, 6.45) is 2.05. The number of nitrogens with one attached hydrogen (secondary N) is 2. The van der Waals surface area contributed by atoms with Gasteiger partial charge in [0.1, 0.15) is 4.92 Å². The number of urea groups is 1. The molecule has 2 N–H and O–H groups in total. The van der Waals surface area contributed by atoms with Gasteiger partial charge in [0.2, 0.25) is 0 Å². The molecule has 0 aliphatic rings. The molecule has 1 aromatic rings. The number of hydrogen-bond donors (Lipinski definition) is 2. The van der Waals surface area contributed by atoms with Crippen LogP contribution < -0.4 is 10.7 Å². The van der Waals surface area contributed by atoms with Crippen LogP contribution in [0.2, 0.25) is 0 Å². The number of nitro groups is 1. The normalized spacial score (nSPS) is 11.0. The summed E-state index contributed by atoms with van der Waals surface area (Å²) in [5.74, 6) is -0.184. The highest BCUT2D eigenvalue weighted by Crippen LogP contribution is 2.13. The summed E-state index contributed by atoms with van der Waals surface area (Å²) in [6.45, 7) is 7.63. The van der Waals surface area contributed by atoms with Crippen molar-refractivity contribution < 1.29 is 14.1 Å². The summed E-state index contributed by atoms with van der Waals surface area (Å²) in [6, 6.07) is 2.18. The van der Waals surface area contributed by atoms with Crippen molar-refractivity contribution >= 4 is 18.1 Å². The molecule has 122 valence electrons. The molecule has 0 unspecified atom stereocenters. The van der Waals surface area contributed by atoms with Crippen molar-refractivity contribution in [1.82, 2.24) is 15.6 Å². The fraction of sp³-hybridized carbons (Fsp3) is 0.538. The van der Waals surface area contributed by atoms with E-state index in [1.165, 1.54) is 18.3 Å². The largest absolute Gasteiger partial charge is 0.433 e. The molecule has 0 atom stereocenters. The first kappa shape index (κ1) is 17.6. The van der Waals surface area contributed by atoms with E-state index < -0.39 is 11.0 Å². The third-order valence-corrected chi connectivity index (χ3v) is 2.98. The predicted molar refractivity (Wildman–Crippen MR) is 81.9 cm³/mol. The van der Waals surface area contributed by atoms with E-state index in [0.717, 1.165) is 26.1 Å². The van der Waals surface area contributed by atoms with E-state index in [1.807, 2.05) is 0 Å². The van der Waals surface area contributed by atoms with E-state index in [9.17, 15) is 14.9 Å². The summed E-state index contributed by atoms with van der Waals surface area (Å²) in [5.41, 5.74) is 2.26. The molecule has 0 spiro atoms. The first-order valence-corrected chi connectivity index (χ1v) is 7.10. The maximum atomic E-state index is 11.4. The van der Waals surface area contributed by atoms with E-state index in [-0.39, 0.29) is 11.6 Å². The molecule has 1 heterocycles. The van der Waals surface area contributed by atoms with Gasteiger partial charge in [-0.25, -0.2) is 10.2 Å². The number of nitrogens with zero attached hydrogens (tertiary/aromatic N) is 3. The van der Waals surface area contributed by atoms with Gasteiger partial charge < -0.3 is 14.6 Å². The standard InChI is InChI=1S/C13H21N5O4/c1-3-17(4-2)9-5-8-14-13(19)16-15-10-11-6-7-12(22-11)18(20)21/h6-7,10H,3-5,8-9H2,1-2H3,(H2,14,16,19)/b15-10+. The van der Waals surface area contributed by atoms with Crippen molar-refractivity contribution in [3.8, 4) is 0 Å². The van der Waals surface area contributed by atoms with E-state index in [1.54, 1.807) is 0 Å². The lowest BCUT2D eigenvalue weighted by molar-refractivity contribution is -0.402. The Bertz CT molecular complexity index is 510. The van der Waals surface area contributed by atoms with Crippen molar-refractivity contribution in [2.24, 2.45) is 5.10 Å². The Morgan fingerprint density at radius 1 is 1.45 bits per heavy atom. The molecule has 0 aromatic carbocycles. The third kappa shape index (κ3) is 6.35. The van der Waals surface area contributed by atoms with Crippen LogP contribution in [-0.4, -0.2) is 48.2 Å². The maximum Gasteiger partial charge on any atom is 0.433 e. The van der Waals surface area contributed by atoms with Crippen LogP contribution >= 0.6 is 0 Å². The highest BCUT2D eigenvalue weighted by atomic mass is 16.6. The zero-order valence-corrected chi connectivity index (χ0v) is 12.7. The van der Waals surface area contributed by atoms with Crippen molar-refractivity contribution in [3.05, 3.63) is 28.0 Å². The van der Waals surface area contributed by atoms with Crippen LogP contribution in [0.4, 0.5) is 10.7 Å². The van der Waals surface area contributed by atoms with Gasteiger partial charge in [-0.2, -0.15) is 5.10 Å². The second-order valence-electron chi connectivity index (χ2n) is 4.44. The summed E-state index contributed by atoms with van der Waals surface area (Å²) in [7, 11) is 0. The van der Waals surface area contributed by atoms with Gasteiger partial charge in [0, 0.05) is 6.54 Å². The van der Waals surface area contributed by atoms with Crippen molar-refractivity contribution in [2.75, 3.05) is 26.2 Å². The molecular formula is C13H21N5O4. The van der Waals surface area contributed by atoms with Crippen LogP contribution in [0, 0.1) is 10.1 Å². The Morgan fingerprint density at radius 3 is 2.77 bits per heavy atom. The van der Waals surface area contributed by atoms with E-state index in [4.69, 9.17) is 4.42 Å². The van der Waals surface area contributed by atoms with E-state index in [0.29, 0.717) is 6.54 Å². The zero-order valence-electron chi connectivity index (χ0n) is 12.7.